The van der Waals surface area contributed by atoms with Crippen molar-refractivity contribution in [3.8, 4) is 0 Å². The molecule has 1 heterocycles. The summed E-state index contributed by atoms with van der Waals surface area (Å²) in [4.78, 5) is 20.0. The molecule has 1 N–H and O–H groups in total. The number of hydrogen-bond donors (Lipinski definition) is 1. The van der Waals surface area contributed by atoms with Crippen LogP contribution in [0.1, 0.15) is 54.0 Å². The minimum Gasteiger partial charge on any atom is -0.478 e. The first-order chi connectivity index (χ1) is 8.13. The Morgan fingerprint density at radius 1 is 1.47 bits per heavy atom. The zero-order valence-corrected chi connectivity index (χ0v) is 10.9. The SMILES string of the molecule is CCCSc1nc(C2CC2)nc(C)c1C(=O)O. The maximum atomic E-state index is 11.2. The quantitative estimate of drug-likeness (QED) is 0.645. The number of carboxylic acids is 1. The number of aromatic nitrogens is 2. The predicted octanol–water partition coefficient (Wildman–Crippen LogP) is 2.86. The van der Waals surface area contributed by atoms with Crippen LogP contribution in [-0.2, 0) is 0 Å². The highest BCUT2D eigenvalue weighted by Crippen LogP contribution is 2.39. The van der Waals surface area contributed by atoms with Gasteiger partial charge < -0.3 is 5.11 Å². The second kappa shape index (κ2) is 5.04. The predicted molar refractivity (Wildman–Crippen MR) is 66.7 cm³/mol. The number of carbonyl (C=O) groups is 1. The lowest BCUT2D eigenvalue weighted by Crippen LogP contribution is -2.09. The molecule has 17 heavy (non-hydrogen) atoms. The second-order valence-corrected chi connectivity index (χ2v) is 5.36. The molecule has 0 spiro atoms. The van der Waals surface area contributed by atoms with E-state index in [0.717, 1.165) is 30.8 Å². The van der Waals surface area contributed by atoms with Gasteiger partial charge in [0.25, 0.3) is 0 Å². The van der Waals surface area contributed by atoms with Gasteiger partial charge in [-0.15, -0.1) is 11.8 Å². The van der Waals surface area contributed by atoms with Gasteiger partial charge in [-0.25, -0.2) is 14.8 Å². The Kier molecular flexibility index (Phi) is 3.66. The molecule has 1 aliphatic rings. The lowest BCUT2D eigenvalue weighted by molar-refractivity contribution is 0.0690. The number of thioether (sulfide) groups is 1. The molecule has 5 heteroatoms. The highest BCUT2D eigenvalue weighted by Gasteiger charge is 2.29. The monoisotopic (exact) mass is 252 g/mol. The topological polar surface area (TPSA) is 63.1 Å². The molecule has 0 amide bonds. The Morgan fingerprint density at radius 2 is 2.18 bits per heavy atom. The van der Waals surface area contributed by atoms with Gasteiger partial charge in [-0.05, 0) is 31.9 Å². The minimum atomic E-state index is -0.927. The maximum absolute atomic E-state index is 11.2. The van der Waals surface area contributed by atoms with E-state index in [1.54, 1.807) is 6.92 Å². The lowest BCUT2D eigenvalue weighted by Gasteiger charge is -2.09. The summed E-state index contributed by atoms with van der Waals surface area (Å²) >= 11 is 1.52. The molecular formula is C12H16N2O2S. The van der Waals surface area contributed by atoms with Crippen LogP contribution in [0.5, 0.6) is 0 Å². The van der Waals surface area contributed by atoms with E-state index in [9.17, 15) is 9.90 Å². The van der Waals surface area contributed by atoms with Gasteiger partial charge >= 0.3 is 5.97 Å². The molecule has 2 rings (SSSR count). The molecule has 1 saturated carbocycles. The van der Waals surface area contributed by atoms with Crippen molar-refractivity contribution in [2.45, 2.75) is 44.1 Å². The third-order valence-corrected chi connectivity index (χ3v) is 3.85. The van der Waals surface area contributed by atoms with E-state index in [-0.39, 0.29) is 5.56 Å². The molecular weight excluding hydrogens is 236 g/mol. The zero-order chi connectivity index (χ0) is 12.4. The van der Waals surface area contributed by atoms with E-state index in [1.165, 1.54) is 11.8 Å². The average Bonchev–Trinajstić information content (AvgIpc) is 3.08. The zero-order valence-electron chi connectivity index (χ0n) is 10.1. The van der Waals surface area contributed by atoms with Gasteiger partial charge in [-0.2, -0.15) is 0 Å². The van der Waals surface area contributed by atoms with Crippen molar-refractivity contribution in [3.05, 3.63) is 17.1 Å². The van der Waals surface area contributed by atoms with Gasteiger partial charge in [-0.1, -0.05) is 6.92 Å². The van der Waals surface area contributed by atoms with Gasteiger partial charge in [0.2, 0.25) is 0 Å². The first kappa shape index (κ1) is 12.4. The summed E-state index contributed by atoms with van der Waals surface area (Å²) in [5.74, 6) is 1.24. The van der Waals surface area contributed by atoms with Crippen LogP contribution in [0.4, 0.5) is 0 Å². The van der Waals surface area contributed by atoms with Crippen LogP contribution in [0.25, 0.3) is 0 Å². The van der Waals surface area contributed by atoms with Gasteiger partial charge in [0, 0.05) is 5.92 Å². The highest BCUT2D eigenvalue weighted by atomic mass is 32.2. The number of carboxylic acid groups (broad SMARTS) is 1. The summed E-state index contributed by atoms with van der Waals surface area (Å²) in [7, 11) is 0. The van der Waals surface area contributed by atoms with E-state index in [1.807, 2.05) is 0 Å². The van der Waals surface area contributed by atoms with Gasteiger partial charge in [0.05, 0.1) is 5.69 Å². The van der Waals surface area contributed by atoms with E-state index < -0.39 is 5.97 Å². The molecule has 1 aromatic rings. The molecule has 1 fully saturated rings. The van der Waals surface area contributed by atoms with E-state index in [4.69, 9.17) is 0 Å². The van der Waals surface area contributed by atoms with Crippen LogP contribution in [0, 0.1) is 6.92 Å². The van der Waals surface area contributed by atoms with E-state index in [0.29, 0.717) is 16.6 Å². The normalized spacial score (nSPS) is 14.9. The van der Waals surface area contributed by atoms with E-state index in [2.05, 4.69) is 16.9 Å². The van der Waals surface area contributed by atoms with Gasteiger partial charge in [-0.3, -0.25) is 0 Å². The molecule has 1 aliphatic carbocycles. The first-order valence-corrected chi connectivity index (χ1v) is 6.86. The highest BCUT2D eigenvalue weighted by molar-refractivity contribution is 7.99. The molecule has 92 valence electrons. The van der Waals surface area contributed by atoms with Crippen molar-refractivity contribution in [2.24, 2.45) is 0 Å². The van der Waals surface area contributed by atoms with Crippen molar-refractivity contribution >= 4 is 17.7 Å². The van der Waals surface area contributed by atoms with Crippen molar-refractivity contribution < 1.29 is 9.90 Å². The van der Waals surface area contributed by atoms with Crippen LogP contribution >= 0.6 is 11.8 Å². The summed E-state index contributed by atoms with van der Waals surface area (Å²) in [6.07, 6.45) is 3.26. The summed E-state index contributed by atoms with van der Waals surface area (Å²) in [6.45, 7) is 3.83. The van der Waals surface area contributed by atoms with Crippen LogP contribution in [-0.4, -0.2) is 26.8 Å². The van der Waals surface area contributed by atoms with Crippen molar-refractivity contribution in [3.63, 3.8) is 0 Å². The van der Waals surface area contributed by atoms with Crippen molar-refractivity contribution in [1.29, 1.82) is 0 Å². The molecule has 4 nitrogen and oxygen atoms in total. The molecule has 1 aromatic heterocycles. The summed E-state index contributed by atoms with van der Waals surface area (Å²) < 4.78 is 0. The number of aromatic carboxylic acids is 1. The summed E-state index contributed by atoms with van der Waals surface area (Å²) in [5.41, 5.74) is 0.862. The Hall–Kier alpha value is -1.10. The molecule has 0 aromatic carbocycles. The van der Waals surface area contributed by atoms with Crippen molar-refractivity contribution in [1.82, 2.24) is 9.97 Å². The molecule has 0 radical (unpaired) electrons. The minimum absolute atomic E-state index is 0.271. The average molecular weight is 252 g/mol. The fourth-order valence-corrected chi connectivity index (χ4v) is 2.58. The molecule has 0 unspecified atom stereocenters. The summed E-state index contributed by atoms with van der Waals surface area (Å²) in [6, 6.07) is 0. The number of nitrogens with zero attached hydrogens (tertiary/aromatic N) is 2. The largest absolute Gasteiger partial charge is 0.478 e. The molecule has 0 saturated heterocycles. The van der Waals surface area contributed by atoms with Crippen molar-refractivity contribution in [2.75, 3.05) is 5.75 Å². The van der Waals surface area contributed by atoms with Gasteiger partial charge in [0.1, 0.15) is 16.4 Å². The molecule has 0 aliphatic heterocycles. The number of hydrogen-bond acceptors (Lipinski definition) is 4. The Labute approximate surface area is 105 Å². The Bertz CT molecular complexity index is 444. The smallest absolute Gasteiger partial charge is 0.340 e. The summed E-state index contributed by atoms with van der Waals surface area (Å²) in [5, 5.41) is 9.83. The first-order valence-electron chi connectivity index (χ1n) is 5.88. The third-order valence-electron chi connectivity index (χ3n) is 2.67. The van der Waals surface area contributed by atoms with E-state index >= 15 is 0 Å². The van der Waals surface area contributed by atoms with Crippen LogP contribution in [0.15, 0.2) is 5.03 Å². The number of rotatable bonds is 5. The molecule has 0 bridgehead atoms. The fourth-order valence-electron chi connectivity index (χ4n) is 1.64. The number of aryl methyl sites for hydroxylation is 1. The second-order valence-electron chi connectivity index (χ2n) is 4.28. The van der Waals surface area contributed by atoms with Crippen LogP contribution in [0.3, 0.4) is 0 Å². The van der Waals surface area contributed by atoms with Crippen LogP contribution < -0.4 is 0 Å². The third kappa shape index (κ3) is 2.77. The lowest BCUT2D eigenvalue weighted by atomic mass is 10.2. The Morgan fingerprint density at radius 3 is 2.71 bits per heavy atom. The fraction of sp³-hybridized carbons (Fsp3) is 0.583. The molecule has 0 atom stereocenters. The Balaban J connectivity index is 2.38. The standard InChI is InChI=1S/C12H16N2O2S/c1-3-6-17-11-9(12(15)16)7(2)13-10(14-11)8-4-5-8/h8H,3-6H2,1-2H3,(H,15,16). The van der Waals surface area contributed by atoms with Crippen LogP contribution in [0.2, 0.25) is 0 Å². The maximum Gasteiger partial charge on any atom is 0.340 e. The van der Waals surface area contributed by atoms with Gasteiger partial charge in [0.15, 0.2) is 0 Å².